The first-order valence-corrected chi connectivity index (χ1v) is 5.63. The number of amides is 2. The number of nitrogens with two attached hydrogens (primary N) is 1. The van der Waals surface area contributed by atoms with E-state index in [4.69, 9.17) is 10.8 Å². The zero-order valence-electron chi connectivity index (χ0n) is 9.76. The molecular weight excluding hydrogens is 242 g/mol. The molecule has 0 saturated carbocycles. The van der Waals surface area contributed by atoms with Crippen molar-refractivity contribution in [2.75, 3.05) is 6.54 Å². The van der Waals surface area contributed by atoms with Gasteiger partial charge in [-0.1, -0.05) is 0 Å². The minimum absolute atomic E-state index is 0.0499. The van der Waals surface area contributed by atoms with E-state index >= 15 is 0 Å². The highest BCUT2D eigenvalue weighted by atomic mass is 16.4. The molecule has 0 aliphatic carbocycles. The summed E-state index contributed by atoms with van der Waals surface area (Å²) < 4.78 is 0. The van der Waals surface area contributed by atoms with Crippen molar-refractivity contribution >= 4 is 17.8 Å². The van der Waals surface area contributed by atoms with Gasteiger partial charge in [-0.15, -0.1) is 0 Å². The number of carbonyl (C=O) groups excluding carboxylic acids is 2. The summed E-state index contributed by atoms with van der Waals surface area (Å²) in [5.41, 5.74) is 4.92. The summed E-state index contributed by atoms with van der Waals surface area (Å²) in [6.07, 6.45) is -0.521. The molecule has 102 valence electrons. The van der Waals surface area contributed by atoms with Crippen LogP contribution in [-0.2, 0) is 14.4 Å². The van der Waals surface area contributed by atoms with Crippen LogP contribution in [0.5, 0.6) is 0 Å². The van der Waals surface area contributed by atoms with Gasteiger partial charge in [-0.3, -0.25) is 9.59 Å². The molecule has 8 heteroatoms. The number of aliphatic hydroxyl groups excluding tert-OH is 1. The molecule has 3 atom stereocenters. The van der Waals surface area contributed by atoms with Crippen molar-refractivity contribution < 1.29 is 24.6 Å². The quantitative estimate of drug-likeness (QED) is 0.358. The van der Waals surface area contributed by atoms with E-state index in [1.54, 1.807) is 0 Å². The van der Waals surface area contributed by atoms with Crippen LogP contribution in [0.25, 0.3) is 0 Å². The molecule has 1 aliphatic rings. The van der Waals surface area contributed by atoms with E-state index in [0.717, 1.165) is 0 Å². The summed E-state index contributed by atoms with van der Waals surface area (Å²) >= 11 is 0. The minimum atomic E-state index is -1.22. The van der Waals surface area contributed by atoms with E-state index < -0.39 is 36.0 Å². The first-order valence-electron chi connectivity index (χ1n) is 5.63. The molecule has 2 amide bonds. The molecule has 0 unspecified atom stereocenters. The van der Waals surface area contributed by atoms with E-state index in [1.165, 1.54) is 0 Å². The lowest BCUT2D eigenvalue weighted by molar-refractivity contribution is -0.142. The maximum atomic E-state index is 11.7. The van der Waals surface area contributed by atoms with Crippen LogP contribution in [-0.4, -0.2) is 52.7 Å². The summed E-state index contributed by atoms with van der Waals surface area (Å²) in [5.74, 6) is -2.34. The summed E-state index contributed by atoms with van der Waals surface area (Å²) in [7, 11) is 0. The normalized spacial score (nSPS) is 24.5. The number of carboxylic acids is 1. The molecule has 1 rings (SSSR count). The monoisotopic (exact) mass is 259 g/mol. The Morgan fingerprint density at radius 2 is 2.11 bits per heavy atom. The van der Waals surface area contributed by atoms with Crippen molar-refractivity contribution in [1.82, 2.24) is 10.6 Å². The van der Waals surface area contributed by atoms with Gasteiger partial charge in [0, 0.05) is 13.0 Å². The Labute approximate surface area is 104 Å². The highest BCUT2D eigenvalue weighted by molar-refractivity contribution is 5.87. The lowest BCUT2D eigenvalue weighted by Gasteiger charge is -2.16. The molecule has 8 nitrogen and oxygen atoms in total. The Kier molecular flexibility index (Phi) is 5.05. The van der Waals surface area contributed by atoms with E-state index in [0.29, 0.717) is 6.54 Å². The van der Waals surface area contributed by atoms with E-state index in [9.17, 15) is 19.5 Å². The van der Waals surface area contributed by atoms with E-state index in [1.807, 2.05) is 0 Å². The van der Waals surface area contributed by atoms with Crippen LogP contribution in [0.15, 0.2) is 0 Å². The predicted molar refractivity (Wildman–Crippen MR) is 60.4 cm³/mol. The van der Waals surface area contributed by atoms with Gasteiger partial charge in [0.25, 0.3) is 0 Å². The molecule has 0 aromatic heterocycles. The molecular formula is C10H17N3O5. The van der Waals surface area contributed by atoms with Crippen LogP contribution in [0.4, 0.5) is 0 Å². The van der Waals surface area contributed by atoms with Crippen molar-refractivity contribution in [2.24, 2.45) is 5.73 Å². The number of carbonyl (C=O) groups is 3. The van der Waals surface area contributed by atoms with Crippen molar-refractivity contribution in [2.45, 2.75) is 37.5 Å². The van der Waals surface area contributed by atoms with Gasteiger partial charge in [0.15, 0.2) is 0 Å². The van der Waals surface area contributed by atoms with E-state index in [-0.39, 0.29) is 19.3 Å². The third-order valence-electron chi connectivity index (χ3n) is 2.72. The van der Waals surface area contributed by atoms with Gasteiger partial charge < -0.3 is 26.6 Å². The second-order valence-corrected chi connectivity index (χ2v) is 4.25. The Bertz CT molecular complexity index is 346. The van der Waals surface area contributed by atoms with Gasteiger partial charge in [-0.25, -0.2) is 4.79 Å². The van der Waals surface area contributed by atoms with E-state index in [2.05, 4.69) is 10.6 Å². The highest BCUT2D eigenvalue weighted by Crippen LogP contribution is 2.07. The van der Waals surface area contributed by atoms with Crippen LogP contribution in [0.1, 0.15) is 19.3 Å². The van der Waals surface area contributed by atoms with Gasteiger partial charge >= 0.3 is 5.97 Å². The topological polar surface area (TPSA) is 142 Å². The Hall–Kier alpha value is -1.67. The summed E-state index contributed by atoms with van der Waals surface area (Å²) in [4.78, 5) is 33.2. The number of hydrogen-bond donors (Lipinski definition) is 5. The van der Waals surface area contributed by atoms with Crippen molar-refractivity contribution in [3.05, 3.63) is 0 Å². The average Bonchev–Trinajstić information content (AvgIpc) is 2.70. The molecule has 0 aromatic carbocycles. The number of hydrogen-bond acceptors (Lipinski definition) is 5. The maximum absolute atomic E-state index is 11.7. The Balaban J connectivity index is 2.47. The number of primary amides is 1. The first-order chi connectivity index (χ1) is 8.40. The van der Waals surface area contributed by atoms with Crippen LogP contribution < -0.4 is 16.4 Å². The van der Waals surface area contributed by atoms with Gasteiger partial charge in [-0.2, -0.15) is 0 Å². The number of β-amino-alcohol motifs (C(OH)–C–C–N with tert-alkyl or cyclic N) is 1. The zero-order valence-corrected chi connectivity index (χ0v) is 9.76. The number of aliphatic hydroxyl groups is 1. The number of rotatable bonds is 6. The second kappa shape index (κ2) is 6.31. The molecule has 0 aromatic rings. The molecule has 0 spiro atoms. The molecule has 18 heavy (non-hydrogen) atoms. The molecule has 1 heterocycles. The van der Waals surface area contributed by atoms with Crippen molar-refractivity contribution in [3.8, 4) is 0 Å². The molecule has 1 aliphatic heterocycles. The summed E-state index contributed by atoms with van der Waals surface area (Å²) in [5, 5.41) is 23.2. The maximum Gasteiger partial charge on any atom is 0.326 e. The fraction of sp³-hybridized carbons (Fsp3) is 0.700. The number of aliphatic carboxylic acids is 1. The third-order valence-corrected chi connectivity index (χ3v) is 2.72. The number of nitrogens with one attached hydrogen (secondary N) is 2. The third kappa shape index (κ3) is 4.30. The molecule has 6 N–H and O–H groups in total. The van der Waals surface area contributed by atoms with Crippen molar-refractivity contribution in [3.63, 3.8) is 0 Å². The van der Waals surface area contributed by atoms with Gasteiger partial charge in [0.1, 0.15) is 6.04 Å². The first kappa shape index (κ1) is 14.4. The summed E-state index contributed by atoms with van der Waals surface area (Å²) in [6.45, 7) is 0.303. The Morgan fingerprint density at radius 1 is 1.44 bits per heavy atom. The summed E-state index contributed by atoms with van der Waals surface area (Å²) in [6, 6.07) is -1.75. The van der Waals surface area contributed by atoms with Crippen LogP contribution >= 0.6 is 0 Å². The molecule has 0 radical (unpaired) electrons. The number of carboxylic acid groups (broad SMARTS) is 1. The highest BCUT2D eigenvalue weighted by Gasteiger charge is 2.30. The van der Waals surface area contributed by atoms with Crippen LogP contribution in [0.3, 0.4) is 0 Å². The van der Waals surface area contributed by atoms with Gasteiger partial charge in [0.2, 0.25) is 11.8 Å². The van der Waals surface area contributed by atoms with Gasteiger partial charge in [-0.05, 0) is 12.8 Å². The minimum Gasteiger partial charge on any atom is -0.480 e. The average molecular weight is 259 g/mol. The standard InChI is InChI=1S/C10H17N3O5/c11-8(15)2-1-6(10(17)18)13-9(16)7-3-5(14)4-12-7/h5-7,12,14H,1-4H2,(H2,11,15)(H,13,16)(H,17,18)/t5-,6+,7+/m1/s1. The fourth-order valence-electron chi connectivity index (χ4n) is 1.73. The molecule has 1 fully saturated rings. The lowest BCUT2D eigenvalue weighted by Crippen LogP contribution is -2.48. The van der Waals surface area contributed by atoms with Crippen LogP contribution in [0.2, 0.25) is 0 Å². The van der Waals surface area contributed by atoms with Crippen LogP contribution in [0, 0.1) is 0 Å². The zero-order chi connectivity index (χ0) is 13.7. The van der Waals surface area contributed by atoms with Gasteiger partial charge in [0.05, 0.1) is 12.1 Å². The molecule has 0 bridgehead atoms. The Morgan fingerprint density at radius 3 is 2.56 bits per heavy atom. The smallest absolute Gasteiger partial charge is 0.326 e. The van der Waals surface area contributed by atoms with Crippen molar-refractivity contribution in [1.29, 1.82) is 0 Å². The fourth-order valence-corrected chi connectivity index (χ4v) is 1.73. The predicted octanol–water partition coefficient (Wildman–Crippen LogP) is -2.46. The lowest BCUT2D eigenvalue weighted by atomic mass is 10.1. The molecule has 1 saturated heterocycles. The second-order valence-electron chi connectivity index (χ2n) is 4.25. The SMILES string of the molecule is NC(=O)CC[C@H](NC(=O)[C@@H]1C[C@@H](O)CN1)C(=O)O. The largest absolute Gasteiger partial charge is 0.480 e.